The second-order valence-electron chi connectivity index (χ2n) is 5.97. The van der Waals surface area contributed by atoms with Crippen LogP contribution in [0.25, 0.3) is 0 Å². The number of aliphatic carboxylic acids is 1. The highest BCUT2D eigenvalue weighted by atomic mass is 32.2. The van der Waals surface area contributed by atoms with Gasteiger partial charge in [-0.1, -0.05) is 0 Å². The van der Waals surface area contributed by atoms with E-state index < -0.39 is 21.7 Å². The van der Waals surface area contributed by atoms with Crippen LogP contribution in [-0.4, -0.2) is 45.8 Å². The molecule has 2 aliphatic rings. The molecule has 21 heavy (non-hydrogen) atoms. The molecule has 7 nitrogen and oxygen atoms in total. The molecule has 0 amide bonds. The van der Waals surface area contributed by atoms with Gasteiger partial charge < -0.3 is 5.11 Å². The van der Waals surface area contributed by atoms with Gasteiger partial charge >= 0.3 is 5.97 Å². The van der Waals surface area contributed by atoms with Crippen molar-refractivity contribution >= 4 is 15.8 Å². The van der Waals surface area contributed by atoms with Crippen molar-refractivity contribution in [2.75, 3.05) is 11.5 Å². The molecule has 2 atom stereocenters. The summed E-state index contributed by atoms with van der Waals surface area (Å²) in [5, 5.41) is 13.6. The smallest absolute Gasteiger partial charge is 0.314 e. The minimum Gasteiger partial charge on any atom is -0.481 e. The highest BCUT2D eigenvalue weighted by Gasteiger charge is 2.31. The number of sulfone groups is 1. The van der Waals surface area contributed by atoms with Gasteiger partial charge in [0.1, 0.15) is 11.7 Å². The monoisotopic (exact) mass is 313 g/mol. The number of aromatic nitrogens is 3. The number of fused-ring (bicyclic) bond motifs is 1. The second-order valence-corrected chi connectivity index (χ2v) is 8.20. The zero-order chi connectivity index (χ0) is 15.0. The molecule has 1 fully saturated rings. The van der Waals surface area contributed by atoms with E-state index in [-0.39, 0.29) is 17.4 Å². The van der Waals surface area contributed by atoms with Crippen LogP contribution >= 0.6 is 0 Å². The Labute approximate surface area is 123 Å². The number of aryl methyl sites for hydroxylation is 1. The minimum absolute atomic E-state index is 0.0523. The van der Waals surface area contributed by atoms with E-state index in [4.69, 9.17) is 0 Å². The van der Waals surface area contributed by atoms with Crippen LogP contribution < -0.4 is 0 Å². The van der Waals surface area contributed by atoms with E-state index in [0.717, 1.165) is 12.8 Å². The lowest BCUT2D eigenvalue weighted by Gasteiger charge is -2.20. The molecule has 0 radical (unpaired) electrons. The molecule has 116 valence electrons. The fourth-order valence-electron chi connectivity index (χ4n) is 3.26. The zero-order valence-electron chi connectivity index (χ0n) is 11.7. The van der Waals surface area contributed by atoms with Gasteiger partial charge in [-0.3, -0.25) is 4.79 Å². The van der Waals surface area contributed by atoms with Crippen LogP contribution in [0.1, 0.15) is 43.3 Å². The minimum atomic E-state index is -2.93. The van der Waals surface area contributed by atoms with Gasteiger partial charge in [-0.25, -0.2) is 18.1 Å². The largest absolute Gasteiger partial charge is 0.481 e. The molecule has 3 heterocycles. The first-order valence-electron chi connectivity index (χ1n) is 7.31. The predicted octanol–water partition coefficient (Wildman–Crippen LogP) is 0.607. The van der Waals surface area contributed by atoms with E-state index in [1.54, 1.807) is 4.68 Å². The van der Waals surface area contributed by atoms with Crippen molar-refractivity contribution in [1.29, 1.82) is 0 Å². The van der Waals surface area contributed by atoms with E-state index >= 15 is 0 Å². The maximum Gasteiger partial charge on any atom is 0.314 e. The van der Waals surface area contributed by atoms with Crippen molar-refractivity contribution in [2.24, 2.45) is 5.92 Å². The SMILES string of the molecule is O=C(O)C1CCCn2nc(CC3CCCS(=O)(=O)C3)nc21. The molecule has 1 aromatic heterocycles. The molecule has 1 aromatic rings. The average Bonchev–Trinajstić information content (AvgIpc) is 2.78. The van der Waals surface area contributed by atoms with E-state index in [1.807, 2.05) is 0 Å². The molecular formula is C13H19N3O4S. The Kier molecular flexibility index (Phi) is 3.73. The Morgan fingerprint density at radius 2 is 2.14 bits per heavy atom. The van der Waals surface area contributed by atoms with Crippen molar-refractivity contribution in [3.8, 4) is 0 Å². The first-order chi connectivity index (χ1) is 9.94. The van der Waals surface area contributed by atoms with Crippen molar-refractivity contribution in [2.45, 2.75) is 44.6 Å². The number of carboxylic acids is 1. The van der Waals surface area contributed by atoms with Crippen molar-refractivity contribution in [3.63, 3.8) is 0 Å². The Hall–Kier alpha value is -1.44. The van der Waals surface area contributed by atoms with E-state index in [2.05, 4.69) is 10.1 Å². The van der Waals surface area contributed by atoms with Gasteiger partial charge in [0, 0.05) is 13.0 Å². The lowest BCUT2D eigenvalue weighted by molar-refractivity contribution is -0.139. The Morgan fingerprint density at radius 3 is 2.86 bits per heavy atom. The third-order valence-corrected chi connectivity index (χ3v) is 6.14. The fourth-order valence-corrected chi connectivity index (χ4v) is 5.03. The van der Waals surface area contributed by atoms with Crippen LogP contribution in [0.2, 0.25) is 0 Å². The summed E-state index contributed by atoms with van der Waals surface area (Å²) in [4.78, 5) is 15.6. The molecule has 0 bridgehead atoms. The first kappa shape index (κ1) is 14.5. The molecule has 8 heteroatoms. The quantitative estimate of drug-likeness (QED) is 0.877. The summed E-state index contributed by atoms with van der Waals surface area (Å²) in [5.74, 6) is 0.168. The number of rotatable bonds is 3. The molecule has 0 spiro atoms. The summed E-state index contributed by atoms with van der Waals surface area (Å²) in [6.45, 7) is 0.690. The van der Waals surface area contributed by atoms with E-state index in [9.17, 15) is 18.3 Å². The van der Waals surface area contributed by atoms with Crippen molar-refractivity contribution < 1.29 is 18.3 Å². The van der Waals surface area contributed by atoms with Gasteiger partial charge in [-0.15, -0.1) is 0 Å². The maximum atomic E-state index is 11.7. The molecule has 0 aromatic carbocycles. The summed E-state index contributed by atoms with van der Waals surface area (Å²) < 4.78 is 25.0. The predicted molar refractivity (Wildman–Crippen MR) is 74.7 cm³/mol. The Bertz CT molecular complexity index is 652. The molecule has 2 unspecified atom stereocenters. The first-order valence-corrected chi connectivity index (χ1v) is 9.13. The average molecular weight is 313 g/mol. The molecule has 1 saturated heterocycles. The van der Waals surface area contributed by atoms with Crippen LogP contribution in [0.4, 0.5) is 0 Å². The highest BCUT2D eigenvalue weighted by molar-refractivity contribution is 7.91. The summed E-state index contributed by atoms with van der Waals surface area (Å²) in [6.07, 6.45) is 3.45. The number of hydrogen-bond donors (Lipinski definition) is 1. The van der Waals surface area contributed by atoms with Gasteiger partial charge in [-0.05, 0) is 31.6 Å². The molecule has 3 rings (SSSR count). The van der Waals surface area contributed by atoms with Crippen LogP contribution in [0.5, 0.6) is 0 Å². The van der Waals surface area contributed by atoms with Gasteiger partial charge in [0.25, 0.3) is 0 Å². The topological polar surface area (TPSA) is 102 Å². The third-order valence-electron chi connectivity index (χ3n) is 4.25. The van der Waals surface area contributed by atoms with E-state index in [0.29, 0.717) is 37.5 Å². The molecule has 0 saturated carbocycles. The van der Waals surface area contributed by atoms with Crippen LogP contribution in [0.3, 0.4) is 0 Å². The lowest BCUT2D eigenvalue weighted by atomic mass is 9.99. The number of carboxylic acid groups (broad SMARTS) is 1. The summed E-state index contributed by atoms with van der Waals surface area (Å²) in [6, 6.07) is 0. The molecule has 0 aliphatic carbocycles. The molecular weight excluding hydrogens is 294 g/mol. The number of carbonyl (C=O) groups is 1. The Balaban J connectivity index is 1.77. The normalized spacial score (nSPS) is 28.0. The number of hydrogen-bond acceptors (Lipinski definition) is 5. The van der Waals surface area contributed by atoms with Crippen molar-refractivity contribution in [1.82, 2.24) is 14.8 Å². The lowest BCUT2D eigenvalue weighted by Crippen LogP contribution is -2.26. The van der Waals surface area contributed by atoms with Gasteiger partial charge in [0.2, 0.25) is 0 Å². The summed E-state index contributed by atoms with van der Waals surface area (Å²) in [7, 11) is -2.93. The van der Waals surface area contributed by atoms with Gasteiger partial charge in [-0.2, -0.15) is 5.10 Å². The fraction of sp³-hybridized carbons (Fsp3) is 0.769. The van der Waals surface area contributed by atoms with Gasteiger partial charge in [0.15, 0.2) is 15.7 Å². The second kappa shape index (κ2) is 5.40. The standard InChI is InChI=1S/C13H19N3O4S/c17-13(18)10-4-1-5-16-12(10)14-11(15-16)7-9-3-2-6-21(19,20)8-9/h9-10H,1-8H2,(H,17,18). The zero-order valence-corrected chi connectivity index (χ0v) is 12.5. The third kappa shape index (κ3) is 3.09. The molecule has 1 N–H and O–H groups in total. The van der Waals surface area contributed by atoms with E-state index in [1.165, 1.54) is 0 Å². The summed E-state index contributed by atoms with van der Waals surface area (Å²) in [5.41, 5.74) is 0. The van der Waals surface area contributed by atoms with Crippen LogP contribution in [-0.2, 0) is 27.6 Å². The van der Waals surface area contributed by atoms with Crippen LogP contribution in [0, 0.1) is 5.92 Å². The Morgan fingerprint density at radius 1 is 1.33 bits per heavy atom. The maximum absolute atomic E-state index is 11.7. The van der Waals surface area contributed by atoms with Crippen LogP contribution in [0.15, 0.2) is 0 Å². The van der Waals surface area contributed by atoms with Crippen molar-refractivity contribution in [3.05, 3.63) is 11.6 Å². The number of nitrogens with zero attached hydrogens (tertiary/aromatic N) is 3. The summed E-state index contributed by atoms with van der Waals surface area (Å²) >= 11 is 0. The van der Waals surface area contributed by atoms with Gasteiger partial charge in [0.05, 0.1) is 11.5 Å². The molecule has 2 aliphatic heterocycles. The highest BCUT2D eigenvalue weighted by Crippen LogP contribution is 2.27.